The molecule has 0 radical (unpaired) electrons. The van der Waals surface area contributed by atoms with E-state index in [-0.39, 0.29) is 24.4 Å². The summed E-state index contributed by atoms with van der Waals surface area (Å²) in [5.41, 5.74) is 2.64. The first kappa shape index (κ1) is 22.4. The molecule has 0 bridgehead atoms. The predicted octanol–water partition coefficient (Wildman–Crippen LogP) is 2.06. The minimum absolute atomic E-state index is 0.0235. The second-order valence-corrected chi connectivity index (χ2v) is 9.22. The average molecular weight is 437 g/mol. The molecule has 2 heterocycles. The molecule has 32 heavy (non-hydrogen) atoms. The van der Waals surface area contributed by atoms with Crippen LogP contribution in [-0.4, -0.2) is 58.5 Å². The van der Waals surface area contributed by atoms with Crippen molar-refractivity contribution in [3.8, 4) is 0 Å². The Morgan fingerprint density at radius 1 is 1.16 bits per heavy atom. The van der Waals surface area contributed by atoms with Crippen molar-refractivity contribution in [1.29, 1.82) is 0 Å². The van der Waals surface area contributed by atoms with Crippen LogP contribution in [0.4, 0.5) is 0 Å². The monoisotopic (exact) mass is 436 g/mol. The second kappa shape index (κ2) is 9.38. The van der Waals surface area contributed by atoms with Gasteiger partial charge in [-0.05, 0) is 57.7 Å². The van der Waals surface area contributed by atoms with Gasteiger partial charge in [-0.15, -0.1) is 0 Å². The minimum atomic E-state index is -0.787. The molecule has 2 aliphatic rings. The number of likely N-dealkylation sites (tertiary alicyclic amines) is 1. The largest absolute Gasteiger partial charge is 0.385 e. The summed E-state index contributed by atoms with van der Waals surface area (Å²) in [6.45, 7) is 5.48. The molecule has 1 aliphatic heterocycles. The molecule has 4 rings (SSSR count). The third-order valence-corrected chi connectivity index (χ3v) is 6.71. The van der Waals surface area contributed by atoms with Crippen LogP contribution in [0.1, 0.15) is 52.9 Å². The molecule has 7 nitrogen and oxygen atoms in total. The normalized spacial score (nSPS) is 23.9. The molecule has 3 N–H and O–H groups in total. The minimum Gasteiger partial charge on any atom is -0.385 e. The first-order valence-electron chi connectivity index (χ1n) is 11.4. The second-order valence-electron chi connectivity index (χ2n) is 9.22. The molecule has 1 saturated carbocycles. The van der Waals surface area contributed by atoms with Gasteiger partial charge in [0.05, 0.1) is 18.2 Å². The van der Waals surface area contributed by atoms with E-state index in [0.717, 1.165) is 55.6 Å². The lowest BCUT2D eigenvalue weighted by atomic mass is 9.77. The van der Waals surface area contributed by atoms with Crippen LogP contribution in [0.5, 0.6) is 0 Å². The van der Waals surface area contributed by atoms with Crippen molar-refractivity contribution in [3.63, 3.8) is 0 Å². The topological polar surface area (TPSA) is 94.6 Å². The number of carbonyl (C=O) groups excluding carboxylic acids is 2. The van der Waals surface area contributed by atoms with Gasteiger partial charge in [0.25, 0.3) is 5.91 Å². The number of rotatable bonds is 6. The van der Waals surface area contributed by atoms with E-state index < -0.39 is 5.60 Å². The molecule has 7 heteroatoms. The number of carbonyl (C=O) groups is 2. The van der Waals surface area contributed by atoms with E-state index in [4.69, 9.17) is 0 Å². The smallest absolute Gasteiger partial charge is 0.251 e. The fourth-order valence-electron chi connectivity index (χ4n) is 4.71. The van der Waals surface area contributed by atoms with Gasteiger partial charge in [0.2, 0.25) is 5.91 Å². The molecular weight excluding hydrogens is 404 g/mol. The third kappa shape index (κ3) is 5.16. The van der Waals surface area contributed by atoms with E-state index in [0.29, 0.717) is 11.6 Å². The molecule has 0 spiro atoms. The van der Waals surface area contributed by atoms with Gasteiger partial charge in [0, 0.05) is 42.1 Å². The number of hydrogen-bond acceptors (Lipinski definition) is 5. The van der Waals surface area contributed by atoms with Gasteiger partial charge in [-0.3, -0.25) is 19.5 Å². The Kier molecular flexibility index (Phi) is 6.58. The summed E-state index contributed by atoms with van der Waals surface area (Å²) in [5, 5.41) is 16.7. The maximum atomic E-state index is 12.2. The zero-order valence-electron chi connectivity index (χ0n) is 18.8. The van der Waals surface area contributed by atoms with Crippen molar-refractivity contribution in [2.24, 2.45) is 0 Å². The summed E-state index contributed by atoms with van der Waals surface area (Å²) >= 11 is 0. The number of amides is 2. The lowest BCUT2D eigenvalue weighted by Gasteiger charge is -2.48. The Morgan fingerprint density at radius 3 is 2.56 bits per heavy atom. The van der Waals surface area contributed by atoms with Crippen LogP contribution in [0.2, 0.25) is 0 Å². The Labute approximate surface area is 189 Å². The number of aromatic nitrogens is 1. The van der Waals surface area contributed by atoms with Gasteiger partial charge in [-0.25, -0.2) is 0 Å². The van der Waals surface area contributed by atoms with Crippen LogP contribution in [0.15, 0.2) is 42.6 Å². The number of aliphatic hydroxyl groups is 1. The quantitative estimate of drug-likeness (QED) is 0.644. The molecular formula is C25H32N4O3. The summed E-state index contributed by atoms with van der Waals surface area (Å²) in [6.07, 6.45) is 5.10. The molecule has 2 amide bonds. The van der Waals surface area contributed by atoms with Gasteiger partial charge >= 0.3 is 0 Å². The van der Waals surface area contributed by atoms with Crippen LogP contribution in [0.3, 0.4) is 0 Å². The lowest BCUT2D eigenvalue weighted by Crippen LogP contribution is -2.63. The summed E-state index contributed by atoms with van der Waals surface area (Å²) in [6, 6.07) is 11.8. The molecule has 1 aromatic carbocycles. The van der Waals surface area contributed by atoms with E-state index in [2.05, 4.69) is 20.5 Å². The highest BCUT2D eigenvalue weighted by atomic mass is 16.3. The van der Waals surface area contributed by atoms with Crippen molar-refractivity contribution in [1.82, 2.24) is 20.5 Å². The van der Waals surface area contributed by atoms with Crippen LogP contribution in [0.25, 0.3) is 0 Å². The highest BCUT2D eigenvalue weighted by Gasteiger charge is 2.40. The number of aryl methyl sites for hydroxylation is 2. The van der Waals surface area contributed by atoms with E-state index in [1.807, 2.05) is 38.1 Å². The Balaban J connectivity index is 1.17. The van der Waals surface area contributed by atoms with Crippen molar-refractivity contribution in [2.75, 3.05) is 19.6 Å². The van der Waals surface area contributed by atoms with Gasteiger partial charge < -0.3 is 15.7 Å². The van der Waals surface area contributed by atoms with Gasteiger partial charge in [-0.2, -0.15) is 0 Å². The van der Waals surface area contributed by atoms with Crippen molar-refractivity contribution >= 4 is 11.8 Å². The highest BCUT2D eigenvalue weighted by Crippen LogP contribution is 2.39. The van der Waals surface area contributed by atoms with E-state index in [9.17, 15) is 14.7 Å². The average Bonchev–Trinajstić information content (AvgIpc) is 2.75. The van der Waals surface area contributed by atoms with E-state index in [1.165, 1.54) is 0 Å². The van der Waals surface area contributed by atoms with Crippen molar-refractivity contribution in [3.05, 3.63) is 65.0 Å². The summed E-state index contributed by atoms with van der Waals surface area (Å²) in [4.78, 5) is 31.1. The first-order chi connectivity index (χ1) is 15.3. The van der Waals surface area contributed by atoms with Crippen molar-refractivity contribution < 1.29 is 14.7 Å². The standard InChI is InChI=1S/C25H32N4O3/c1-17-4-3-5-19(12-17)24(31)27-14-23(30)28-21-15-29(16-21)22-8-10-25(32,11-9-22)20-7-6-18(2)26-13-20/h3-7,12-13,21-22,32H,8-11,14-16H2,1-2H3,(H,27,31)(H,28,30). The number of nitrogens with one attached hydrogen (secondary N) is 2. The van der Waals surface area contributed by atoms with Gasteiger partial charge in [-0.1, -0.05) is 23.8 Å². The third-order valence-electron chi connectivity index (χ3n) is 6.71. The molecule has 0 atom stereocenters. The zero-order valence-corrected chi connectivity index (χ0v) is 18.8. The number of benzene rings is 1. The molecule has 1 aromatic heterocycles. The number of nitrogens with zero attached hydrogens (tertiary/aromatic N) is 2. The summed E-state index contributed by atoms with van der Waals surface area (Å²) in [7, 11) is 0. The van der Waals surface area contributed by atoms with Crippen molar-refractivity contribution in [2.45, 2.75) is 57.2 Å². The molecule has 2 aromatic rings. The Morgan fingerprint density at radius 2 is 1.91 bits per heavy atom. The number of pyridine rings is 1. The summed E-state index contributed by atoms with van der Waals surface area (Å²) in [5.74, 6) is -0.405. The molecule has 170 valence electrons. The highest BCUT2D eigenvalue weighted by molar-refractivity contribution is 5.96. The number of hydrogen-bond donors (Lipinski definition) is 3. The van der Waals surface area contributed by atoms with E-state index >= 15 is 0 Å². The maximum Gasteiger partial charge on any atom is 0.251 e. The van der Waals surface area contributed by atoms with Gasteiger partial charge in [0.1, 0.15) is 0 Å². The van der Waals surface area contributed by atoms with Crippen LogP contribution in [0, 0.1) is 13.8 Å². The molecule has 1 saturated heterocycles. The lowest BCUT2D eigenvalue weighted by molar-refractivity contribution is -0.122. The molecule has 2 fully saturated rings. The predicted molar refractivity (Wildman–Crippen MR) is 122 cm³/mol. The molecule has 1 aliphatic carbocycles. The van der Waals surface area contributed by atoms with Crippen LogP contribution < -0.4 is 10.6 Å². The first-order valence-corrected chi connectivity index (χ1v) is 11.4. The maximum absolute atomic E-state index is 12.2. The van der Waals surface area contributed by atoms with E-state index in [1.54, 1.807) is 18.3 Å². The Bertz CT molecular complexity index is 961. The van der Waals surface area contributed by atoms with Crippen LogP contribution >= 0.6 is 0 Å². The van der Waals surface area contributed by atoms with Crippen LogP contribution in [-0.2, 0) is 10.4 Å². The SMILES string of the molecule is Cc1cccc(C(=O)NCC(=O)NC2CN(C3CCC(O)(c4ccc(C)nc4)CC3)C2)c1. The zero-order chi connectivity index (χ0) is 22.7. The summed E-state index contributed by atoms with van der Waals surface area (Å²) < 4.78 is 0. The Hall–Kier alpha value is -2.77. The fourth-order valence-corrected chi connectivity index (χ4v) is 4.71. The van der Waals surface area contributed by atoms with Gasteiger partial charge in [0.15, 0.2) is 0 Å². The fraction of sp³-hybridized carbons (Fsp3) is 0.480. The molecule has 0 unspecified atom stereocenters.